The summed E-state index contributed by atoms with van der Waals surface area (Å²) in [6, 6.07) is 10.1. The molecule has 8 heteroatoms. The third-order valence-corrected chi connectivity index (χ3v) is 6.58. The van der Waals surface area contributed by atoms with Gasteiger partial charge in [-0.3, -0.25) is 9.59 Å². The number of aromatic amines is 1. The summed E-state index contributed by atoms with van der Waals surface area (Å²) >= 11 is 6.11. The predicted molar refractivity (Wildman–Crippen MR) is 129 cm³/mol. The van der Waals surface area contributed by atoms with E-state index >= 15 is 0 Å². The van der Waals surface area contributed by atoms with Gasteiger partial charge in [0.1, 0.15) is 11.9 Å². The highest BCUT2D eigenvalue weighted by Crippen LogP contribution is 2.29. The number of nitrogens with one attached hydrogen (secondary N) is 2. The number of rotatable bonds is 6. The number of carbonyl (C=O) groups is 2. The first-order valence-corrected chi connectivity index (χ1v) is 11.5. The van der Waals surface area contributed by atoms with E-state index in [4.69, 9.17) is 16.3 Å². The molecule has 1 fully saturated rings. The van der Waals surface area contributed by atoms with E-state index in [0.29, 0.717) is 27.5 Å². The summed E-state index contributed by atoms with van der Waals surface area (Å²) in [5, 5.41) is 3.65. The normalized spacial score (nSPS) is 15.1. The summed E-state index contributed by atoms with van der Waals surface area (Å²) < 4.78 is 5.69. The summed E-state index contributed by atoms with van der Waals surface area (Å²) in [5.74, 6) is 0.327. The zero-order chi connectivity index (χ0) is 23.8. The van der Waals surface area contributed by atoms with E-state index in [2.05, 4.69) is 15.3 Å². The third kappa shape index (κ3) is 4.75. The van der Waals surface area contributed by atoms with Crippen LogP contribution in [0.3, 0.4) is 0 Å². The average Bonchev–Trinajstić information content (AvgIpc) is 3.46. The van der Waals surface area contributed by atoms with Gasteiger partial charge in [0.2, 0.25) is 0 Å². The van der Waals surface area contributed by atoms with Crippen molar-refractivity contribution in [2.45, 2.75) is 45.3 Å². The largest absolute Gasteiger partial charge is 0.376 e. The van der Waals surface area contributed by atoms with Crippen molar-refractivity contribution < 1.29 is 14.3 Å². The Morgan fingerprint density at radius 3 is 2.58 bits per heavy atom. The Hall–Kier alpha value is -2.90. The number of fused-ring (bicyclic) bond motifs is 1. The summed E-state index contributed by atoms with van der Waals surface area (Å²) in [6.07, 6.45) is 2.08. The molecule has 1 aliphatic heterocycles. The van der Waals surface area contributed by atoms with Crippen LogP contribution in [0.15, 0.2) is 36.4 Å². The Labute approximate surface area is 198 Å². The number of likely N-dealkylation sites (tertiary alicyclic amines) is 1. The fraction of sp³-hybridized carbons (Fsp3) is 0.400. The molecule has 1 aromatic heterocycles. The lowest BCUT2D eigenvalue weighted by molar-refractivity contribution is -0.0120. The van der Waals surface area contributed by atoms with Crippen molar-refractivity contribution in [1.82, 2.24) is 20.2 Å². The van der Waals surface area contributed by atoms with Gasteiger partial charge < -0.3 is 19.9 Å². The van der Waals surface area contributed by atoms with Gasteiger partial charge in [0.05, 0.1) is 16.6 Å². The standard InChI is InChI=1S/C25H29ClN4O3/c1-15-13-16(7-9-18(15)24(32)30-11-5-6-12-30)23(31)29-21(25(2,3)33-4)22-27-19-10-8-17(26)14-20(19)28-22/h7-10,13-14,21H,5-6,11-12H2,1-4H3,(H,27,28)(H,29,31). The molecule has 1 saturated heterocycles. The number of aromatic nitrogens is 2. The van der Waals surface area contributed by atoms with Crippen molar-refractivity contribution in [3.8, 4) is 0 Å². The monoisotopic (exact) mass is 468 g/mol. The second kappa shape index (κ2) is 9.15. The molecule has 0 aliphatic carbocycles. The van der Waals surface area contributed by atoms with Crippen LogP contribution in [0.25, 0.3) is 11.0 Å². The van der Waals surface area contributed by atoms with Gasteiger partial charge in [-0.05, 0) is 75.6 Å². The Kier molecular flexibility index (Phi) is 6.45. The van der Waals surface area contributed by atoms with E-state index in [0.717, 1.165) is 37.0 Å². The zero-order valence-corrected chi connectivity index (χ0v) is 20.1. The molecule has 0 saturated carbocycles. The number of ether oxygens (including phenoxy) is 1. The number of carbonyl (C=O) groups excluding carboxylic acids is 2. The second-order valence-electron chi connectivity index (χ2n) is 9.03. The number of amides is 2. The van der Waals surface area contributed by atoms with Gasteiger partial charge in [-0.15, -0.1) is 0 Å². The molecule has 174 valence electrons. The quantitative estimate of drug-likeness (QED) is 0.551. The number of H-pyrrole nitrogens is 1. The van der Waals surface area contributed by atoms with Crippen LogP contribution in [0.2, 0.25) is 5.02 Å². The van der Waals surface area contributed by atoms with Gasteiger partial charge in [-0.1, -0.05) is 11.6 Å². The summed E-state index contributed by atoms with van der Waals surface area (Å²) in [6.45, 7) is 7.22. The minimum absolute atomic E-state index is 0.0243. The molecule has 0 radical (unpaired) electrons. The van der Waals surface area contributed by atoms with Crippen LogP contribution in [-0.2, 0) is 4.74 Å². The molecule has 3 aromatic rings. The van der Waals surface area contributed by atoms with E-state index in [1.165, 1.54) is 0 Å². The highest BCUT2D eigenvalue weighted by atomic mass is 35.5. The van der Waals surface area contributed by atoms with Gasteiger partial charge in [-0.25, -0.2) is 4.98 Å². The third-order valence-electron chi connectivity index (χ3n) is 6.35. The van der Waals surface area contributed by atoms with Gasteiger partial charge in [0.15, 0.2) is 0 Å². The average molecular weight is 469 g/mol. The molecule has 0 spiro atoms. The Morgan fingerprint density at radius 1 is 1.18 bits per heavy atom. The molecule has 7 nitrogen and oxygen atoms in total. The van der Waals surface area contributed by atoms with Crippen LogP contribution in [0, 0.1) is 6.92 Å². The summed E-state index contributed by atoms with van der Waals surface area (Å²) in [5.41, 5.74) is 2.68. The fourth-order valence-corrected chi connectivity index (χ4v) is 4.34. The van der Waals surface area contributed by atoms with Crippen molar-refractivity contribution in [2.75, 3.05) is 20.2 Å². The lowest BCUT2D eigenvalue weighted by Crippen LogP contribution is -2.44. The molecular weight excluding hydrogens is 440 g/mol. The molecule has 4 rings (SSSR count). The van der Waals surface area contributed by atoms with Gasteiger partial charge >= 0.3 is 0 Å². The van der Waals surface area contributed by atoms with Crippen LogP contribution in [-0.4, -0.2) is 52.5 Å². The van der Waals surface area contributed by atoms with Gasteiger partial charge in [0.25, 0.3) is 11.8 Å². The molecule has 33 heavy (non-hydrogen) atoms. The number of methoxy groups -OCH3 is 1. The van der Waals surface area contributed by atoms with Crippen molar-refractivity contribution >= 4 is 34.4 Å². The number of halogens is 1. The minimum Gasteiger partial charge on any atom is -0.376 e. The van der Waals surface area contributed by atoms with Crippen LogP contribution in [0.4, 0.5) is 0 Å². The van der Waals surface area contributed by atoms with Crippen molar-refractivity contribution in [3.63, 3.8) is 0 Å². The molecule has 2 N–H and O–H groups in total. The number of aryl methyl sites for hydroxylation is 1. The van der Waals surface area contributed by atoms with E-state index in [9.17, 15) is 9.59 Å². The van der Waals surface area contributed by atoms with Gasteiger partial charge in [0, 0.05) is 36.3 Å². The fourth-order valence-electron chi connectivity index (χ4n) is 4.17. The lowest BCUT2D eigenvalue weighted by Gasteiger charge is -2.32. The molecule has 1 unspecified atom stereocenters. The maximum Gasteiger partial charge on any atom is 0.254 e. The number of hydrogen-bond acceptors (Lipinski definition) is 4. The highest BCUT2D eigenvalue weighted by Gasteiger charge is 2.35. The van der Waals surface area contributed by atoms with E-state index in [1.54, 1.807) is 37.4 Å². The van der Waals surface area contributed by atoms with Crippen LogP contribution >= 0.6 is 11.6 Å². The summed E-state index contributed by atoms with van der Waals surface area (Å²) in [4.78, 5) is 35.8. The Balaban J connectivity index is 1.60. The molecular formula is C25H29ClN4O3. The molecule has 0 bridgehead atoms. The van der Waals surface area contributed by atoms with Gasteiger partial charge in [-0.2, -0.15) is 0 Å². The molecule has 2 amide bonds. The van der Waals surface area contributed by atoms with Crippen molar-refractivity contribution in [1.29, 1.82) is 0 Å². The summed E-state index contributed by atoms with van der Waals surface area (Å²) in [7, 11) is 1.60. The molecule has 2 aromatic carbocycles. The van der Waals surface area contributed by atoms with Crippen molar-refractivity contribution in [3.05, 3.63) is 63.9 Å². The van der Waals surface area contributed by atoms with Crippen LogP contribution in [0.5, 0.6) is 0 Å². The molecule has 1 aliphatic rings. The smallest absolute Gasteiger partial charge is 0.254 e. The number of nitrogens with zero attached hydrogens (tertiary/aromatic N) is 2. The first-order valence-electron chi connectivity index (χ1n) is 11.1. The van der Waals surface area contributed by atoms with E-state index < -0.39 is 11.6 Å². The highest BCUT2D eigenvalue weighted by molar-refractivity contribution is 6.31. The second-order valence-corrected chi connectivity index (χ2v) is 9.46. The van der Waals surface area contributed by atoms with Crippen LogP contribution in [0.1, 0.15) is 64.8 Å². The first kappa shape index (κ1) is 23.3. The topological polar surface area (TPSA) is 87.3 Å². The van der Waals surface area contributed by atoms with E-state index in [-0.39, 0.29) is 11.8 Å². The van der Waals surface area contributed by atoms with Crippen LogP contribution < -0.4 is 5.32 Å². The first-order chi connectivity index (χ1) is 15.7. The Morgan fingerprint density at radius 2 is 1.91 bits per heavy atom. The number of benzene rings is 2. The zero-order valence-electron chi connectivity index (χ0n) is 19.4. The maximum absolute atomic E-state index is 13.2. The molecule has 2 heterocycles. The van der Waals surface area contributed by atoms with E-state index in [1.807, 2.05) is 31.7 Å². The van der Waals surface area contributed by atoms with Crippen molar-refractivity contribution in [2.24, 2.45) is 0 Å². The predicted octanol–water partition coefficient (Wildman–Crippen LogP) is 4.66. The SMILES string of the molecule is COC(C)(C)C(NC(=O)c1ccc(C(=O)N2CCCC2)c(C)c1)c1nc2cc(Cl)ccc2[nH]1. The molecule has 1 atom stereocenters. The Bertz CT molecular complexity index is 1200. The minimum atomic E-state index is -0.742. The maximum atomic E-state index is 13.2. The number of imidazole rings is 1. The lowest BCUT2D eigenvalue weighted by atomic mass is 9.96. The number of hydrogen-bond donors (Lipinski definition) is 2.